The molecule has 1 saturated carbocycles. The minimum absolute atomic E-state index is 0.135. The highest BCUT2D eigenvalue weighted by atomic mass is 35.5. The Morgan fingerprint density at radius 2 is 1.70 bits per heavy atom. The number of carbonyl (C=O) groups is 3. The zero-order valence-corrected chi connectivity index (χ0v) is 25.4. The highest BCUT2D eigenvalue weighted by molar-refractivity contribution is 7.17. The minimum Gasteiger partial charge on any atom is -0.481 e. The molecule has 0 spiro atoms. The van der Waals surface area contributed by atoms with Gasteiger partial charge in [-0.1, -0.05) is 29.8 Å². The quantitative estimate of drug-likeness (QED) is 0.277. The number of fused-ring (bicyclic) bond motifs is 1. The van der Waals surface area contributed by atoms with E-state index in [4.69, 9.17) is 16.3 Å². The Hall–Kier alpha value is -2.89. The Bertz CT molecular complexity index is 1530. The van der Waals surface area contributed by atoms with E-state index >= 15 is 4.39 Å². The third-order valence-corrected chi connectivity index (χ3v) is 10.3. The van der Waals surface area contributed by atoms with Crippen molar-refractivity contribution in [3.05, 3.63) is 63.7 Å². The summed E-state index contributed by atoms with van der Waals surface area (Å²) in [5, 5.41) is 14.9. The maximum absolute atomic E-state index is 15.6. The summed E-state index contributed by atoms with van der Waals surface area (Å²) in [4.78, 5) is 43.0. The molecule has 1 atom stereocenters. The average Bonchev–Trinajstić information content (AvgIpc) is 3.65. The number of hydrogen-bond acceptors (Lipinski definition) is 7. The number of hydrogen-bond donors (Lipinski definition) is 2. The van der Waals surface area contributed by atoms with Crippen molar-refractivity contribution in [1.82, 2.24) is 9.80 Å². The van der Waals surface area contributed by atoms with Crippen LogP contribution in [0.1, 0.15) is 60.9 Å². The van der Waals surface area contributed by atoms with Gasteiger partial charge in [-0.25, -0.2) is 4.39 Å². The number of benzene rings is 2. The molecule has 2 aromatic carbocycles. The number of anilines is 1. The van der Waals surface area contributed by atoms with Gasteiger partial charge in [-0.05, 0) is 68.7 Å². The van der Waals surface area contributed by atoms with E-state index in [1.54, 1.807) is 5.38 Å². The van der Waals surface area contributed by atoms with Gasteiger partial charge in [-0.3, -0.25) is 24.2 Å². The maximum Gasteiger partial charge on any atom is 0.306 e. The first-order chi connectivity index (χ1) is 20.8. The van der Waals surface area contributed by atoms with Gasteiger partial charge in [-0.2, -0.15) is 0 Å². The summed E-state index contributed by atoms with van der Waals surface area (Å²) < 4.78 is 23.3. The smallest absolute Gasteiger partial charge is 0.306 e. The first-order valence-electron chi connectivity index (χ1n) is 15.0. The molecule has 1 aromatic heterocycles. The summed E-state index contributed by atoms with van der Waals surface area (Å²) in [6.45, 7) is 2.77. The molecule has 3 aromatic rings. The van der Waals surface area contributed by atoms with E-state index in [0.29, 0.717) is 57.4 Å². The van der Waals surface area contributed by atoms with E-state index in [2.05, 4.69) is 10.2 Å². The minimum atomic E-state index is -1.33. The van der Waals surface area contributed by atoms with E-state index in [1.807, 2.05) is 29.2 Å². The summed E-state index contributed by atoms with van der Waals surface area (Å²) in [5.41, 5.74) is 0.753. The van der Waals surface area contributed by atoms with Gasteiger partial charge in [0, 0.05) is 48.1 Å². The molecule has 3 fully saturated rings. The van der Waals surface area contributed by atoms with Gasteiger partial charge in [0.15, 0.2) is 5.78 Å². The van der Waals surface area contributed by atoms with Crippen LogP contribution in [0.4, 0.5) is 10.1 Å². The number of thiophene rings is 1. The summed E-state index contributed by atoms with van der Waals surface area (Å²) in [6, 6.07) is 10.1. The van der Waals surface area contributed by atoms with Gasteiger partial charge < -0.3 is 15.2 Å². The van der Waals surface area contributed by atoms with E-state index in [-0.39, 0.29) is 40.5 Å². The first kappa shape index (κ1) is 30.1. The molecule has 3 heterocycles. The van der Waals surface area contributed by atoms with Crippen molar-refractivity contribution in [2.45, 2.75) is 63.3 Å². The summed E-state index contributed by atoms with van der Waals surface area (Å²) in [7, 11) is 0. The van der Waals surface area contributed by atoms with E-state index in [1.165, 1.54) is 23.5 Å². The molecule has 228 valence electrons. The average molecular weight is 628 g/mol. The number of likely N-dealkylation sites (tertiary alicyclic amines) is 2. The van der Waals surface area contributed by atoms with Crippen LogP contribution in [-0.2, 0) is 20.7 Å². The Morgan fingerprint density at radius 1 is 1.02 bits per heavy atom. The molecule has 1 aliphatic carbocycles. The Labute approximate surface area is 258 Å². The van der Waals surface area contributed by atoms with Crippen LogP contribution < -0.4 is 5.32 Å². The number of carboxylic acid groups (broad SMARTS) is 1. The fourth-order valence-electron chi connectivity index (χ4n) is 6.52. The zero-order chi connectivity index (χ0) is 30.1. The number of rotatable bonds is 10. The van der Waals surface area contributed by atoms with Crippen LogP contribution in [-0.4, -0.2) is 70.7 Å². The first-order valence-corrected chi connectivity index (χ1v) is 16.2. The highest BCUT2D eigenvalue weighted by Gasteiger charge is 2.54. The molecule has 1 amide bonds. The Morgan fingerprint density at radius 3 is 2.35 bits per heavy atom. The molecule has 2 aliphatic heterocycles. The van der Waals surface area contributed by atoms with Gasteiger partial charge in [-0.15, -0.1) is 11.3 Å². The molecule has 43 heavy (non-hydrogen) atoms. The molecular formula is C32H35ClFN3O5S. The van der Waals surface area contributed by atoms with Gasteiger partial charge in [0.1, 0.15) is 5.82 Å². The standard InChI is InChI=1S/C32H35ClFN3O5S/c33-25-16-21(26(34)18-27(25)35-30(39)24-19-43-28-7-2-1-6-23(24)28)17-29(38)32(37-14-5-15-37,36-12-3-4-13-36)42-22-10-8-20(9-11-22)31(40)41/h1-2,6-7,16,18-20,22H,3-5,8-15,17H2,(H,35,39)(H,40,41). The van der Waals surface area contributed by atoms with Crippen LogP contribution in [0.15, 0.2) is 41.8 Å². The van der Waals surface area contributed by atoms with Gasteiger partial charge in [0.05, 0.1) is 28.3 Å². The molecule has 1 unspecified atom stereocenters. The number of amides is 1. The molecular weight excluding hydrogens is 593 g/mol. The molecule has 3 aliphatic rings. The number of carboxylic acids is 1. The lowest BCUT2D eigenvalue weighted by atomic mass is 9.87. The van der Waals surface area contributed by atoms with Gasteiger partial charge >= 0.3 is 5.97 Å². The van der Waals surface area contributed by atoms with E-state index in [0.717, 1.165) is 29.3 Å². The van der Waals surface area contributed by atoms with Crippen molar-refractivity contribution < 1.29 is 28.6 Å². The number of ketones is 1. The largest absolute Gasteiger partial charge is 0.481 e. The van der Waals surface area contributed by atoms with Crippen molar-refractivity contribution in [3.8, 4) is 0 Å². The van der Waals surface area contributed by atoms with Crippen molar-refractivity contribution in [1.29, 1.82) is 0 Å². The number of nitrogens with one attached hydrogen (secondary N) is 1. The molecule has 2 N–H and O–H groups in total. The topological polar surface area (TPSA) is 99.2 Å². The summed E-state index contributed by atoms with van der Waals surface area (Å²) >= 11 is 8.01. The monoisotopic (exact) mass is 627 g/mol. The Kier molecular flexibility index (Phi) is 8.84. The molecule has 8 nitrogen and oxygen atoms in total. The number of aliphatic carboxylic acids is 1. The molecule has 11 heteroatoms. The number of nitrogens with zero attached hydrogens (tertiary/aromatic N) is 2. The van der Waals surface area contributed by atoms with Gasteiger partial charge in [0.25, 0.3) is 5.91 Å². The maximum atomic E-state index is 15.6. The normalized spacial score (nSPS) is 22.7. The zero-order valence-electron chi connectivity index (χ0n) is 23.8. The van der Waals surface area contributed by atoms with Crippen LogP contribution in [0, 0.1) is 11.7 Å². The molecule has 0 bridgehead atoms. The third-order valence-electron chi connectivity index (χ3n) is 9.00. The van der Waals surface area contributed by atoms with Crippen LogP contribution in [0.3, 0.4) is 0 Å². The molecule has 2 saturated heterocycles. The second kappa shape index (κ2) is 12.6. The van der Waals surface area contributed by atoms with Crippen molar-refractivity contribution in [3.63, 3.8) is 0 Å². The number of ether oxygens (including phenoxy) is 1. The number of halogens is 2. The number of carbonyl (C=O) groups excluding carboxylic acids is 2. The van der Waals surface area contributed by atoms with E-state index in [9.17, 15) is 19.5 Å². The fraction of sp³-hybridized carbons (Fsp3) is 0.469. The van der Waals surface area contributed by atoms with Crippen LogP contribution in [0.2, 0.25) is 5.02 Å². The van der Waals surface area contributed by atoms with Crippen LogP contribution >= 0.6 is 22.9 Å². The second-order valence-corrected chi connectivity index (χ2v) is 13.0. The third kappa shape index (κ3) is 5.95. The number of Topliss-reactive ketones (excluding diaryl/α,β-unsaturated/α-hetero) is 1. The molecule has 6 rings (SSSR count). The highest BCUT2D eigenvalue weighted by Crippen LogP contribution is 2.38. The van der Waals surface area contributed by atoms with Crippen molar-refractivity contribution >= 4 is 56.4 Å². The van der Waals surface area contributed by atoms with E-state index < -0.39 is 23.6 Å². The van der Waals surface area contributed by atoms with Crippen LogP contribution in [0.5, 0.6) is 0 Å². The lowest BCUT2D eigenvalue weighted by molar-refractivity contribution is -0.268. The lowest BCUT2D eigenvalue weighted by Gasteiger charge is -2.53. The fourth-order valence-corrected chi connectivity index (χ4v) is 7.69. The second-order valence-electron chi connectivity index (χ2n) is 11.7. The lowest BCUT2D eigenvalue weighted by Crippen LogP contribution is -2.71. The predicted octanol–water partition coefficient (Wildman–Crippen LogP) is 6.17. The molecule has 0 radical (unpaired) electrons. The van der Waals surface area contributed by atoms with Crippen LogP contribution in [0.25, 0.3) is 10.1 Å². The predicted molar refractivity (Wildman–Crippen MR) is 164 cm³/mol. The summed E-state index contributed by atoms with van der Waals surface area (Å²) in [6.07, 6.45) is 4.44. The van der Waals surface area contributed by atoms with Crippen molar-refractivity contribution in [2.24, 2.45) is 5.92 Å². The Balaban J connectivity index is 1.23. The van der Waals surface area contributed by atoms with Gasteiger partial charge in [0.2, 0.25) is 5.85 Å². The SMILES string of the molecule is O=C(Nc1cc(F)c(CC(=O)C(OC2CCC(C(=O)O)CC2)(N2CCCC2)N2CCC2)cc1Cl)c1csc2ccccc12. The van der Waals surface area contributed by atoms with Crippen molar-refractivity contribution in [2.75, 3.05) is 31.5 Å². The summed E-state index contributed by atoms with van der Waals surface area (Å²) in [5.74, 6) is -3.80.